The third-order valence-corrected chi connectivity index (χ3v) is 2.93. The molecule has 1 aromatic carbocycles. The van der Waals surface area contributed by atoms with E-state index < -0.39 is 46.9 Å². The van der Waals surface area contributed by atoms with Crippen molar-refractivity contribution in [3.8, 4) is 0 Å². The summed E-state index contributed by atoms with van der Waals surface area (Å²) in [4.78, 5) is 15.7. The van der Waals surface area contributed by atoms with Gasteiger partial charge in [0.15, 0.2) is 17.4 Å². The Bertz CT molecular complexity index is 712. The van der Waals surface area contributed by atoms with Crippen molar-refractivity contribution in [2.45, 2.75) is 26.0 Å². The van der Waals surface area contributed by atoms with E-state index in [0.29, 0.717) is 12.1 Å². The molecule has 1 heterocycles. The number of nitrogens with two attached hydrogens (primary N) is 1. The summed E-state index contributed by atoms with van der Waals surface area (Å²) in [7, 11) is 0. The molecule has 8 heteroatoms. The molecule has 2 rings (SSSR count). The van der Waals surface area contributed by atoms with Crippen LogP contribution in [-0.2, 0) is 16.0 Å². The zero-order valence-corrected chi connectivity index (χ0v) is 11.8. The number of aliphatic imine (C=N–C) groups is 1. The summed E-state index contributed by atoms with van der Waals surface area (Å²) in [5.41, 5.74) is 3.65. The van der Waals surface area contributed by atoms with Crippen LogP contribution in [0.5, 0.6) is 0 Å². The number of aliphatic hydroxyl groups excluding tert-OH is 1. The van der Waals surface area contributed by atoms with Crippen LogP contribution in [0, 0.1) is 17.5 Å². The van der Waals surface area contributed by atoms with E-state index in [9.17, 15) is 23.1 Å². The fraction of sp³-hybridized carbons (Fsp3) is 0.286. The van der Waals surface area contributed by atoms with Crippen LogP contribution in [0.1, 0.15) is 19.4 Å². The summed E-state index contributed by atoms with van der Waals surface area (Å²) in [5.74, 6) is -5.55. The van der Waals surface area contributed by atoms with Gasteiger partial charge in [0.05, 0.1) is 0 Å². The van der Waals surface area contributed by atoms with Gasteiger partial charge in [-0.1, -0.05) is 0 Å². The van der Waals surface area contributed by atoms with E-state index in [2.05, 4.69) is 4.99 Å². The van der Waals surface area contributed by atoms with Crippen LogP contribution in [0.15, 0.2) is 28.5 Å². The Balaban J connectivity index is 2.41. The van der Waals surface area contributed by atoms with Gasteiger partial charge in [-0.05, 0) is 25.5 Å². The Kier molecular flexibility index (Phi) is 3.87. The number of nitrogens with zero attached hydrogens (tertiary/aromatic N) is 1. The monoisotopic (exact) mass is 314 g/mol. The highest BCUT2D eigenvalue weighted by Crippen LogP contribution is 2.24. The minimum Gasteiger partial charge on any atom is -0.511 e. The number of ether oxygens (including phenoxy) is 1. The molecule has 5 nitrogen and oxygen atoms in total. The number of amidine groups is 1. The fourth-order valence-electron chi connectivity index (χ4n) is 1.98. The van der Waals surface area contributed by atoms with Crippen LogP contribution in [0.3, 0.4) is 0 Å². The lowest BCUT2D eigenvalue weighted by Gasteiger charge is -2.27. The minimum absolute atomic E-state index is 0.276. The highest BCUT2D eigenvalue weighted by Gasteiger charge is 2.34. The van der Waals surface area contributed by atoms with Crippen LogP contribution >= 0.6 is 0 Å². The third kappa shape index (κ3) is 3.05. The molecular formula is C14H13F3N2O3. The number of cyclic esters (lactones) is 1. The number of aliphatic hydroxyl groups is 1. The van der Waals surface area contributed by atoms with E-state index in [0.717, 1.165) is 0 Å². The molecule has 0 saturated carbocycles. The molecule has 0 radical (unpaired) electrons. The molecule has 0 aliphatic carbocycles. The number of hydrogen-bond donors (Lipinski definition) is 2. The first-order valence-corrected chi connectivity index (χ1v) is 6.25. The summed E-state index contributed by atoms with van der Waals surface area (Å²) in [6, 6.07) is 0.940. The van der Waals surface area contributed by atoms with Gasteiger partial charge in [-0.15, -0.1) is 0 Å². The molecule has 1 aliphatic heterocycles. The van der Waals surface area contributed by atoms with Crippen molar-refractivity contribution in [1.29, 1.82) is 0 Å². The lowest BCUT2D eigenvalue weighted by atomic mass is 10.0. The number of hydrogen-bond acceptors (Lipinski definition) is 5. The predicted molar refractivity (Wildman–Crippen MR) is 71.5 cm³/mol. The van der Waals surface area contributed by atoms with E-state index >= 15 is 0 Å². The summed E-state index contributed by atoms with van der Waals surface area (Å²) in [6.45, 7) is 2.97. The topological polar surface area (TPSA) is 84.9 Å². The first kappa shape index (κ1) is 15.9. The van der Waals surface area contributed by atoms with Gasteiger partial charge in [0, 0.05) is 12.5 Å². The number of rotatable bonds is 2. The fourth-order valence-corrected chi connectivity index (χ4v) is 1.98. The number of halogens is 3. The van der Waals surface area contributed by atoms with E-state index in [1.54, 1.807) is 0 Å². The Morgan fingerprint density at radius 1 is 1.27 bits per heavy atom. The van der Waals surface area contributed by atoms with Crippen molar-refractivity contribution >= 4 is 11.8 Å². The summed E-state index contributed by atoms with van der Waals surface area (Å²) in [5, 5.41) is 9.96. The van der Waals surface area contributed by atoms with Gasteiger partial charge in [0.25, 0.3) is 0 Å². The maximum atomic E-state index is 13.6. The first-order valence-electron chi connectivity index (χ1n) is 6.25. The van der Waals surface area contributed by atoms with E-state index in [1.807, 2.05) is 0 Å². The van der Waals surface area contributed by atoms with Gasteiger partial charge in [0.1, 0.15) is 23.0 Å². The number of carbonyl (C=O) groups is 1. The molecule has 0 fully saturated rings. The minimum atomic E-state index is -1.35. The van der Waals surface area contributed by atoms with Gasteiger partial charge < -0.3 is 15.6 Å². The lowest BCUT2D eigenvalue weighted by molar-refractivity contribution is -0.151. The molecule has 0 atom stereocenters. The van der Waals surface area contributed by atoms with Crippen LogP contribution < -0.4 is 5.73 Å². The lowest BCUT2D eigenvalue weighted by Crippen LogP contribution is -2.39. The van der Waals surface area contributed by atoms with Crippen LogP contribution in [0.25, 0.3) is 0 Å². The Labute approximate surface area is 123 Å². The standard InChI is InChI=1S/C14H13F3N2O3/c1-14(2)19-12(18)11(13(21)22-14)10(20)4-6-3-8(16)9(17)5-7(6)15/h3,5,20H,4H2,1-2H3,(H2,18,19)/b11-10-. The zero-order chi connectivity index (χ0) is 16.7. The van der Waals surface area contributed by atoms with E-state index in [4.69, 9.17) is 10.5 Å². The molecule has 3 N–H and O–H groups in total. The molecule has 0 amide bonds. The van der Waals surface area contributed by atoms with Crippen molar-refractivity contribution in [3.05, 3.63) is 46.5 Å². The smallest absolute Gasteiger partial charge is 0.347 e. The molecule has 1 aliphatic rings. The highest BCUT2D eigenvalue weighted by molar-refractivity contribution is 6.19. The van der Waals surface area contributed by atoms with E-state index in [-0.39, 0.29) is 11.4 Å². The molecule has 1 aromatic rings. The quantitative estimate of drug-likeness (QED) is 0.379. The normalized spacial score (nSPS) is 19.5. The zero-order valence-electron chi connectivity index (χ0n) is 11.8. The first-order chi connectivity index (χ1) is 10.1. The number of carbonyl (C=O) groups excluding carboxylic acids is 1. The van der Waals surface area contributed by atoms with E-state index in [1.165, 1.54) is 13.8 Å². The van der Waals surface area contributed by atoms with Crippen molar-refractivity contribution in [2.24, 2.45) is 10.7 Å². The number of benzene rings is 1. The van der Waals surface area contributed by atoms with Crippen molar-refractivity contribution < 1.29 is 27.8 Å². The second-order valence-corrected chi connectivity index (χ2v) is 5.19. The molecule has 118 valence electrons. The van der Waals surface area contributed by atoms with Crippen molar-refractivity contribution in [2.75, 3.05) is 0 Å². The Morgan fingerprint density at radius 3 is 2.45 bits per heavy atom. The van der Waals surface area contributed by atoms with Gasteiger partial charge in [-0.25, -0.2) is 23.0 Å². The molecule has 0 bridgehead atoms. The molecule has 0 saturated heterocycles. The highest BCUT2D eigenvalue weighted by atomic mass is 19.2. The van der Waals surface area contributed by atoms with Gasteiger partial charge in [-0.3, -0.25) is 0 Å². The molecule has 0 aromatic heterocycles. The Morgan fingerprint density at radius 2 is 1.86 bits per heavy atom. The van der Waals surface area contributed by atoms with Crippen LogP contribution in [0.4, 0.5) is 13.2 Å². The van der Waals surface area contributed by atoms with Gasteiger partial charge in [0.2, 0.25) is 0 Å². The van der Waals surface area contributed by atoms with Crippen molar-refractivity contribution in [3.63, 3.8) is 0 Å². The number of esters is 1. The van der Waals surface area contributed by atoms with Crippen molar-refractivity contribution in [1.82, 2.24) is 0 Å². The summed E-state index contributed by atoms with van der Waals surface area (Å²) < 4.78 is 44.5. The SMILES string of the molecule is CC1(C)N=C(N)/C(=C(/O)Cc2cc(F)c(F)cc2F)C(=O)O1. The predicted octanol–water partition coefficient (Wildman–Crippen LogP) is 2.11. The van der Waals surface area contributed by atoms with Gasteiger partial charge >= 0.3 is 5.97 Å². The van der Waals surface area contributed by atoms with Gasteiger partial charge in [-0.2, -0.15) is 0 Å². The van der Waals surface area contributed by atoms with Crippen LogP contribution in [0.2, 0.25) is 0 Å². The summed E-state index contributed by atoms with van der Waals surface area (Å²) in [6.07, 6.45) is -0.565. The molecule has 0 unspecified atom stereocenters. The Hall–Kier alpha value is -2.51. The summed E-state index contributed by atoms with van der Waals surface area (Å²) >= 11 is 0. The second kappa shape index (κ2) is 5.36. The maximum absolute atomic E-state index is 13.6. The largest absolute Gasteiger partial charge is 0.511 e. The average molecular weight is 314 g/mol. The molecule has 22 heavy (non-hydrogen) atoms. The number of allylic oxidation sites excluding steroid dienone is 1. The third-order valence-electron chi connectivity index (χ3n) is 2.93. The second-order valence-electron chi connectivity index (χ2n) is 5.19. The average Bonchev–Trinajstić information content (AvgIpc) is 2.33. The molecular weight excluding hydrogens is 301 g/mol. The molecule has 0 spiro atoms. The maximum Gasteiger partial charge on any atom is 0.347 e. The van der Waals surface area contributed by atoms with Crippen LogP contribution in [-0.4, -0.2) is 22.6 Å².